The minimum Gasteiger partial charge on any atom is -0.346 e. The van der Waals surface area contributed by atoms with E-state index in [-0.39, 0.29) is 11.9 Å². The maximum Gasteiger partial charge on any atom is 0.244 e. The lowest BCUT2D eigenvalue weighted by molar-refractivity contribution is -0.860. The van der Waals surface area contributed by atoms with Crippen molar-refractivity contribution >= 4 is 12.0 Å². The molecule has 138 valence electrons. The van der Waals surface area contributed by atoms with Gasteiger partial charge >= 0.3 is 0 Å². The average molecular weight is 353 g/mol. The van der Waals surface area contributed by atoms with Gasteiger partial charge in [0.05, 0.1) is 14.1 Å². The zero-order valence-corrected chi connectivity index (χ0v) is 16.3. The summed E-state index contributed by atoms with van der Waals surface area (Å²) in [4.78, 5) is 13.8. The van der Waals surface area contributed by atoms with Gasteiger partial charge < -0.3 is 14.8 Å². The smallest absolute Gasteiger partial charge is 0.244 e. The molecule has 1 aromatic carbocycles. The minimum atomic E-state index is -0.0451. The Labute approximate surface area is 156 Å². The van der Waals surface area contributed by atoms with Gasteiger partial charge in [0.1, 0.15) is 12.6 Å². The van der Waals surface area contributed by atoms with Crippen molar-refractivity contribution in [1.29, 1.82) is 0 Å². The Hall–Kier alpha value is -2.33. The van der Waals surface area contributed by atoms with Crippen LogP contribution in [0.2, 0.25) is 0 Å². The van der Waals surface area contributed by atoms with Crippen LogP contribution < -0.4 is 10.2 Å². The lowest BCUT2D eigenvalue weighted by atomic mass is 10.1. The van der Waals surface area contributed by atoms with Gasteiger partial charge in [-0.15, -0.1) is 0 Å². The second-order valence-electron chi connectivity index (χ2n) is 7.64. The largest absolute Gasteiger partial charge is 0.346 e. The highest BCUT2D eigenvalue weighted by Gasteiger charge is 2.26. The van der Waals surface area contributed by atoms with E-state index in [1.54, 1.807) is 6.08 Å². The molecule has 0 bridgehead atoms. The fraction of sp³-hybridized carbons (Fsp3) is 0.409. The number of nitrogens with one attached hydrogen (secondary N) is 2. The van der Waals surface area contributed by atoms with Gasteiger partial charge in [0.25, 0.3) is 0 Å². The first kappa shape index (κ1) is 18.5. The molecular weight excluding hydrogens is 322 g/mol. The molecule has 1 aliphatic rings. The molecule has 1 saturated carbocycles. The van der Waals surface area contributed by atoms with Crippen LogP contribution in [0.5, 0.6) is 0 Å². The van der Waals surface area contributed by atoms with Crippen molar-refractivity contribution in [3.05, 3.63) is 65.0 Å². The summed E-state index contributed by atoms with van der Waals surface area (Å²) >= 11 is 0. The number of hydrogen-bond donors (Lipinski definition) is 2. The lowest BCUT2D eigenvalue weighted by Gasteiger charge is -2.20. The van der Waals surface area contributed by atoms with Crippen LogP contribution in [0.4, 0.5) is 0 Å². The summed E-state index contributed by atoms with van der Waals surface area (Å²) in [6, 6.07) is 13.0. The summed E-state index contributed by atoms with van der Waals surface area (Å²) < 4.78 is 2.40. The number of aromatic nitrogens is 1. The van der Waals surface area contributed by atoms with Gasteiger partial charge in [-0.05, 0) is 50.0 Å². The molecule has 1 heterocycles. The monoisotopic (exact) mass is 352 g/mol. The van der Waals surface area contributed by atoms with Crippen molar-refractivity contribution in [3.63, 3.8) is 0 Å². The van der Waals surface area contributed by atoms with Crippen LogP contribution in [0.3, 0.4) is 0 Å². The molecule has 0 saturated heterocycles. The van der Waals surface area contributed by atoms with Crippen molar-refractivity contribution in [3.8, 4) is 0 Å². The molecule has 4 nitrogen and oxygen atoms in total. The number of nitrogens with zero attached hydrogens (tertiary/aromatic N) is 1. The third kappa shape index (κ3) is 4.44. The van der Waals surface area contributed by atoms with Crippen molar-refractivity contribution in [2.45, 2.75) is 38.8 Å². The number of rotatable bonds is 7. The van der Waals surface area contributed by atoms with Crippen LogP contribution in [0.25, 0.3) is 6.08 Å². The van der Waals surface area contributed by atoms with Gasteiger partial charge in [0, 0.05) is 23.5 Å². The number of carbonyl (C=O) groups excluding carboxylic acids is 1. The number of likely N-dealkylation sites (N-methyl/N-ethyl adjacent to an activating group) is 1. The standard InChI is InChI=1S/C22H29N3O/c1-16-14-19(17(2)25(16)20-11-12-20)10-13-22(26)23-21(15-24(3)4)18-8-6-5-7-9-18/h5-10,13-14,20-21H,11-12,15H2,1-4H3,(H,23,26)/p+1/b13-10+/t21-/m1/s1. The molecular formula is C22H30N3O+. The molecule has 1 fully saturated rings. The van der Waals surface area contributed by atoms with Gasteiger partial charge in [-0.1, -0.05) is 30.3 Å². The van der Waals surface area contributed by atoms with Gasteiger partial charge in [-0.25, -0.2) is 0 Å². The van der Waals surface area contributed by atoms with Gasteiger partial charge in [-0.3, -0.25) is 4.79 Å². The van der Waals surface area contributed by atoms with Crippen molar-refractivity contribution in [2.75, 3.05) is 20.6 Å². The summed E-state index contributed by atoms with van der Waals surface area (Å²) in [5, 5.41) is 3.16. The molecule has 26 heavy (non-hydrogen) atoms. The van der Waals surface area contributed by atoms with Crippen molar-refractivity contribution in [2.24, 2.45) is 0 Å². The normalized spacial score (nSPS) is 15.6. The van der Waals surface area contributed by atoms with E-state index < -0.39 is 0 Å². The molecule has 0 unspecified atom stereocenters. The lowest BCUT2D eigenvalue weighted by Crippen LogP contribution is -3.06. The number of carbonyl (C=O) groups is 1. The molecule has 0 aliphatic heterocycles. The first-order chi connectivity index (χ1) is 12.5. The molecule has 0 spiro atoms. The van der Waals surface area contributed by atoms with E-state index in [1.807, 2.05) is 24.3 Å². The molecule has 1 aromatic heterocycles. The van der Waals surface area contributed by atoms with Gasteiger partial charge in [0.2, 0.25) is 5.91 Å². The zero-order valence-electron chi connectivity index (χ0n) is 16.3. The Morgan fingerprint density at radius 3 is 2.58 bits per heavy atom. The van der Waals surface area contributed by atoms with Crippen LogP contribution >= 0.6 is 0 Å². The highest BCUT2D eigenvalue weighted by molar-refractivity contribution is 5.92. The zero-order chi connectivity index (χ0) is 18.7. The van der Waals surface area contributed by atoms with Crippen molar-refractivity contribution < 1.29 is 9.69 Å². The third-order valence-electron chi connectivity index (χ3n) is 4.98. The predicted molar refractivity (Wildman–Crippen MR) is 106 cm³/mol. The minimum absolute atomic E-state index is 0.0113. The van der Waals surface area contributed by atoms with E-state index in [1.165, 1.54) is 29.1 Å². The van der Waals surface area contributed by atoms with E-state index in [0.717, 1.165) is 17.7 Å². The summed E-state index contributed by atoms with van der Waals surface area (Å²) in [5.41, 5.74) is 4.82. The molecule has 4 heteroatoms. The topological polar surface area (TPSA) is 38.5 Å². The van der Waals surface area contributed by atoms with Crippen LogP contribution in [0.15, 0.2) is 42.5 Å². The number of aryl methyl sites for hydroxylation is 1. The van der Waals surface area contributed by atoms with E-state index >= 15 is 0 Å². The summed E-state index contributed by atoms with van der Waals surface area (Å²) in [6.07, 6.45) is 6.15. The highest BCUT2D eigenvalue weighted by Crippen LogP contribution is 2.38. The number of quaternary nitrogens is 1. The average Bonchev–Trinajstić information content (AvgIpc) is 3.39. The number of amides is 1. The van der Waals surface area contributed by atoms with E-state index in [0.29, 0.717) is 6.04 Å². The molecule has 2 aromatic rings. The van der Waals surface area contributed by atoms with Crippen LogP contribution in [-0.2, 0) is 4.79 Å². The first-order valence-corrected chi connectivity index (χ1v) is 9.46. The highest BCUT2D eigenvalue weighted by atomic mass is 16.1. The molecule has 1 atom stereocenters. The van der Waals surface area contributed by atoms with Gasteiger partial charge in [-0.2, -0.15) is 0 Å². The van der Waals surface area contributed by atoms with E-state index in [4.69, 9.17) is 0 Å². The molecule has 3 rings (SSSR count). The number of hydrogen-bond acceptors (Lipinski definition) is 1. The Balaban J connectivity index is 1.70. The maximum atomic E-state index is 12.5. The fourth-order valence-electron chi connectivity index (χ4n) is 3.60. The summed E-state index contributed by atoms with van der Waals surface area (Å²) in [7, 11) is 4.20. The summed E-state index contributed by atoms with van der Waals surface area (Å²) in [6.45, 7) is 5.14. The summed E-state index contributed by atoms with van der Waals surface area (Å²) in [5.74, 6) is -0.0451. The van der Waals surface area contributed by atoms with Crippen LogP contribution in [0, 0.1) is 13.8 Å². The Bertz CT molecular complexity index is 785. The Kier molecular flexibility index (Phi) is 5.62. The first-order valence-electron chi connectivity index (χ1n) is 9.46. The Morgan fingerprint density at radius 1 is 1.27 bits per heavy atom. The van der Waals surface area contributed by atoms with Crippen LogP contribution in [0.1, 0.15) is 47.4 Å². The number of benzene rings is 1. The maximum absolute atomic E-state index is 12.5. The third-order valence-corrected chi connectivity index (χ3v) is 4.98. The quantitative estimate of drug-likeness (QED) is 0.738. The fourth-order valence-corrected chi connectivity index (χ4v) is 3.60. The molecule has 2 N–H and O–H groups in total. The predicted octanol–water partition coefficient (Wildman–Crippen LogP) is 2.46. The second-order valence-corrected chi connectivity index (χ2v) is 7.64. The van der Waals surface area contributed by atoms with Crippen molar-refractivity contribution in [1.82, 2.24) is 9.88 Å². The van der Waals surface area contributed by atoms with Gasteiger partial charge in [0.15, 0.2) is 0 Å². The Morgan fingerprint density at radius 2 is 1.96 bits per heavy atom. The van der Waals surface area contributed by atoms with Crippen LogP contribution in [-0.4, -0.2) is 31.1 Å². The van der Waals surface area contributed by atoms with E-state index in [2.05, 4.69) is 56.0 Å². The van der Waals surface area contributed by atoms with E-state index in [9.17, 15) is 4.79 Å². The molecule has 0 radical (unpaired) electrons. The second kappa shape index (κ2) is 7.92. The SMILES string of the molecule is Cc1cc(/C=C/C(=O)N[C@H](C[NH+](C)C)c2ccccc2)c(C)n1C1CC1. The molecule has 1 amide bonds. The molecule has 1 aliphatic carbocycles.